The molecule has 4 aromatic rings. The number of rotatable bonds is 3. The van der Waals surface area contributed by atoms with Crippen LogP contribution in [0.3, 0.4) is 0 Å². The van der Waals surface area contributed by atoms with E-state index in [0.29, 0.717) is 40.6 Å². The summed E-state index contributed by atoms with van der Waals surface area (Å²) >= 11 is 6.17. The summed E-state index contributed by atoms with van der Waals surface area (Å²) in [5.74, 6) is -0.461. The predicted octanol–water partition coefficient (Wildman–Crippen LogP) is 3.24. The molecule has 1 N–H and O–H groups in total. The van der Waals surface area contributed by atoms with Crippen LogP contribution >= 0.6 is 11.6 Å². The van der Waals surface area contributed by atoms with E-state index in [9.17, 15) is 9.59 Å². The van der Waals surface area contributed by atoms with Gasteiger partial charge < -0.3 is 14.6 Å². The molecule has 31 heavy (non-hydrogen) atoms. The van der Waals surface area contributed by atoms with Gasteiger partial charge in [0.2, 0.25) is 0 Å². The lowest BCUT2D eigenvalue weighted by Crippen LogP contribution is -2.41. The fourth-order valence-corrected chi connectivity index (χ4v) is 4.19. The number of aryl methyl sites for hydroxylation is 1. The number of carbonyl (C=O) groups is 2. The molecule has 0 fully saturated rings. The van der Waals surface area contributed by atoms with Crippen LogP contribution in [-0.4, -0.2) is 37.5 Å². The first-order chi connectivity index (χ1) is 15.0. The standard InChI is InChI=1S/C22H19ClN6O2/c1-27-20-16(26-21(30)14-6-2-3-7-15(14)23)9-11-29(18(20)12-24-27)22(31)17-13-28-10-5-4-8-19(28)25-17/h2-8,10,12-13,16H,9,11H2,1H3,(H,26,30). The monoisotopic (exact) mass is 434 g/mol. The van der Waals surface area contributed by atoms with E-state index >= 15 is 0 Å². The number of anilines is 1. The van der Waals surface area contributed by atoms with Crippen molar-refractivity contribution in [3.63, 3.8) is 0 Å². The van der Waals surface area contributed by atoms with Crippen molar-refractivity contribution in [1.29, 1.82) is 0 Å². The molecule has 1 unspecified atom stereocenters. The third-order valence-corrected chi connectivity index (χ3v) is 5.81. The average molecular weight is 435 g/mol. The third-order valence-electron chi connectivity index (χ3n) is 5.48. The van der Waals surface area contributed by atoms with Gasteiger partial charge in [-0.1, -0.05) is 29.8 Å². The third kappa shape index (κ3) is 3.34. The van der Waals surface area contributed by atoms with Crippen LogP contribution in [0, 0.1) is 0 Å². The molecule has 8 nitrogen and oxygen atoms in total. The van der Waals surface area contributed by atoms with E-state index in [2.05, 4.69) is 15.4 Å². The van der Waals surface area contributed by atoms with Crippen LogP contribution in [0.1, 0.15) is 39.0 Å². The summed E-state index contributed by atoms with van der Waals surface area (Å²) in [5.41, 5.74) is 2.92. The highest BCUT2D eigenvalue weighted by Gasteiger charge is 2.34. The molecule has 156 valence electrons. The maximum atomic E-state index is 13.2. The first-order valence-electron chi connectivity index (χ1n) is 9.86. The van der Waals surface area contributed by atoms with E-state index in [4.69, 9.17) is 11.6 Å². The molecule has 0 aliphatic carbocycles. The molecule has 1 aliphatic heterocycles. The molecule has 3 aromatic heterocycles. The Morgan fingerprint density at radius 1 is 1.16 bits per heavy atom. The number of aromatic nitrogens is 4. The van der Waals surface area contributed by atoms with Gasteiger partial charge >= 0.3 is 0 Å². The topological polar surface area (TPSA) is 84.5 Å². The van der Waals surface area contributed by atoms with E-state index in [1.807, 2.05) is 28.8 Å². The molecule has 0 spiro atoms. The van der Waals surface area contributed by atoms with Gasteiger partial charge in [0.25, 0.3) is 11.8 Å². The Balaban J connectivity index is 1.43. The number of pyridine rings is 1. The smallest absolute Gasteiger partial charge is 0.278 e. The lowest BCUT2D eigenvalue weighted by atomic mass is 10.0. The van der Waals surface area contributed by atoms with E-state index in [-0.39, 0.29) is 17.9 Å². The summed E-state index contributed by atoms with van der Waals surface area (Å²) in [6.45, 7) is 0.429. The van der Waals surface area contributed by atoms with E-state index in [1.165, 1.54) is 0 Å². The SMILES string of the molecule is Cn1ncc2c1C(NC(=O)c1ccccc1Cl)CCN2C(=O)c1cn2ccccc2n1. The second-order valence-corrected chi connectivity index (χ2v) is 7.79. The highest BCUT2D eigenvalue weighted by molar-refractivity contribution is 6.33. The Morgan fingerprint density at radius 2 is 1.97 bits per heavy atom. The number of amides is 2. The van der Waals surface area contributed by atoms with Crippen molar-refractivity contribution in [3.8, 4) is 0 Å². The molecule has 0 radical (unpaired) electrons. The van der Waals surface area contributed by atoms with Crippen molar-refractivity contribution in [2.75, 3.05) is 11.4 Å². The van der Waals surface area contributed by atoms with Crippen molar-refractivity contribution in [3.05, 3.63) is 83.0 Å². The van der Waals surface area contributed by atoms with Gasteiger partial charge in [-0.3, -0.25) is 14.3 Å². The molecule has 2 amide bonds. The quantitative estimate of drug-likeness (QED) is 0.536. The number of hydrogen-bond acceptors (Lipinski definition) is 4. The van der Waals surface area contributed by atoms with Crippen LogP contribution in [0.5, 0.6) is 0 Å². The van der Waals surface area contributed by atoms with Crippen LogP contribution in [0.4, 0.5) is 5.69 Å². The van der Waals surface area contributed by atoms with Crippen LogP contribution in [-0.2, 0) is 7.05 Å². The van der Waals surface area contributed by atoms with Crippen molar-refractivity contribution >= 4 is 34.7 Å². The fourth-order valence-electron chi connectivity index (χ4n) is 3.97. The van der Waals surface area contributed by atoms with Gasteiger partial charge in [-0.15, -0.1) is 0 Å². The van der Waals surface area contributed by atoms with E-state index in [0.717, 1.165) is 5.69 Å². The van der Waals surface area contributed by atoms with Gasteiger partial charge in [0.05, 0.1) is 34.2 Å². The van der Waals surface area contributed by atoms with Gasteiger partial charge in [-0.25, -0.2) is 4.98 Å². The van der Waals surface area contributed by atoms with Crippen molar-refractivity contribution in [1.82, 2.24) is 24.5 Å². The van der Waals surface area contributed by atoms with Crippen LogP contribution in [0.2, 0.25) is 5.02 Å². The summed E-state index contributed by atoms with van der Waals surface area (Å²) in [4.78, 5) is 32.2. The molecule has 4 heterocycles. The minimum absolute atomic E-state index is 0.200. The molecule has 0 saturated heterocycles. The maximum Gasteiger partial charge on any atom is 0.278 e. The minimum Gasteiger partial charge on any atom is -0.343 e. The van der Waals surface area contributed by atoms with E-state index < -0.39 is 0 Å². The largest absolute Gasteiger partial charge is 0.343 e. The zero-order valence-electron chi connectivity index (χ0n) is 16.7. The fraction of sp³-hybridized carbons (Fsp3) is 0.182. The number of benzene rings is 1. The summed E-state index contributed by atoms with van der Waals surface area (Å²) < 4.78 is 3.50. The summed E-state index contributed by atoms with van der Waals surface area (Å²) in [6, 6.07) is 12.2. The van der Waals surface area contributed by atoms with Gasteiger partial charge in [0.15, 0.2) is 0 Å². The second kappa shape index (κ2) is 7.55. The highest BCUT2D eigenvalue weighted by atomic mass is 35.5. The van der Waals surface area contributed by atoms with Crippen LogP contribution in [0.25, 0.3) is 5.65 Å². The summed E-state index contributed by atoms with van der Waals surface area (Å²) in [6.07, 6.45) is 5.77. The number of halogens is 1. The lowest BCUT2D eigenvalue weighted by Gasteiger charge is -2.32. The van der Waals surface area contributed by atoms with Crippen LogP contribution < -0.4 is 10.2 Å². The first kappa shape index (κ1) is 19.3. The molecule has 1 aromatic carbocycles. The molecule has 5 rings (SSSR count). The number of imidazole rings is 1. The molecule has 9 heteroatoms. The van der Waals surface area contributed by atoms with Crippen molar-refractivity contribution in [2.45, 2.75) is 12.5 Å². The second-order valence-electron chi connectivity index (χ2n) is 7.38. The van der Waals surface area contributed by atoms with Gasteiger partial charge in [-0.05, 0) is 30.7 Å². The number of nitrogens with zero attached hydrogens (tertiary/aromatic N) is 5. The zero-order valence-corrected chi connectivity index (χ0v) is 17.5. The van der Waals surface area contributed by atoms with Crippen molar-refractivity contribution < 1.29 is 9.59 Å². The Labute approximate surface area is 183 Å². The summed E-state index contributed by atoms with van der Waals surface area (Å²) in [5, 5.41) is 7.77. The summed E-state index contributed by atoms with van der Waals surface area (Å²) in [7, 11) is 1.80. The molecular weight excluding hydrogens is 416 g/mol. The highest BCUT2D eigenvalue weighted by Crippen LogP contribution is 2.34. The number of fused-ring (bicyclic) bond motifs is 2. The minimum atomic E-state index is -0.295. The van der Waals surface area contributed by atoms with Crippen molar-refractivity contribution in [2.24, 2.45) is 7.05 Å². The molecule has 0 bridgehead atoms. The number of nitrogens with one attached hydrogen (secondary N) is 1. The maximum absolute atomic E-state index is 13.2. The van der Waals surface area contributed by atoms with Gasteiger partial charge in [0.1, 0.15) is 11.3 Å². The predicted molar refractivity (Wildman–Crippen MR) is 116 cm³/mol. The first-order valence-corrected chi connectivity index (χ1v) is 10.2. The zero-order chi connectivity index (χ0) is 21.5. The molecule has 0 saturated carbocycles. The molecule has 1 aliphatic rings. The van der Waals surface area contributed by atoms with Gasteiger partial charge in [-0.2, -0.15) is 5.10 Å². The Bertz CT molecular complexity index is 1280. The average Bonchev–Trinajstić information content (AvgIpc) is 3.38. The Kier molecular flexibility index (Phi) is 4.71. The normalized spacial score (nSPS) is 15.7. The Morgan fingerprint density at radius 3 is 2.77 bits per heavy atom. The van der Waals surface area contributed by atoms with E-state index in [1.54, 1.807) is 53.3 Å². The van der Waals surface area contributed by atoms with Crippen LogP contribution in [0.15, 0.2) is 61.1 Å². The lowest BCUT2D eigenvalue weighted by molar-refractivity contribution is 0.0931. The van der Waals surface area contributed by atoms with Gasteiger partial charge in [0, 0.05) is 26.0 Å². The number of hydrogen-bond donors (Lipinski definition) is 1. The molecule has 1 atom stereocenters. The Hall–Kier alpha value is -3.65. The number of carbonyl (C=O) groups excluding carboxylic acids is 2. The molecular formula is C22H19ClN6O2.